The quantitative estimate of drug-likeness (QED) is 0.729. The predicted octanol–water partition coefficient (Wildman–Crippen LogP) is 4.31. The number of H-pyrrole nitrogens is 1. The molecule has 3 aromatic rings. The van der Waals surface area contributed by atoms with E-state index in [1.165, 1.54) is 5.56 Å². The van der Waals surface area contributed by atoms with E-state index in [4.69, 9.17) is 16.3 Å². The Hall–Kier alpha value is -2.14. The summed E-state index contributed by atoms with van der Waals surface area (Å²) in [6, 6.07) is 8.00. The van der Waals surface area contributed by atoms with Crippen LogP contribution in [0.2, 0.25) is 5.28 Å². The molecule has 0 saturated carbocycles. The molecule has 0 spiro atoms. The SMILES string of the molecule is CCC(C)c1ccc(Oc2nc(Cl)nc3[nH]ncc23)cc1. The normalized spacial score (nSPS) is 12.5. The minimum absolute atomic E-state index is 0.123. The van der Waals surface area contributed by atoms with Crippen molar-refractivity contribution in [1.29, 1.82) is 0 Å². The van der Waals surface area contributed by atoms with E-state index in [-0.39, 0.29) is 5.28 Å². The van der Waals surface area contributed by atoms with E-state index in [1.54, 1.807) is 6.20 Å². The Labute approximate surface area is 127 Å². The van der Waals surface area contributed by atoms with Crippen LogP contribution in [-0.4, -0.2) is 20.2 Å². The fourth-order valence-electron chi connectivity index (χ4n) is 2.07. The number of hydrogen-bond acceptors (Lipinski definition) is 4. The zero-order chi connectivity index (χ0) is 14.8. The highest BCUT2D eigenvalue weighted by Gasteiger charge is 2.11. The van der Waals surface area contributed by atoms with Gasteiger partial charge in [0.25, 0.3) is 0 Å². The second kappa shape index (κ2) is 5.69. The third-order valence-electron chi connectivity index (χ3n) is 3.52. The van der Waals surface area contributed by atoms with Crippen molar-refractivity contribution in [2.75, 3.05) is 0 Å². The number of aromatic nitrogens is 4. The molecule has 6 heteroatoms. The maximum atomic E-state index is 5.88. The van der Waals surface area contributed by atoms with Gasteiger partial charge in [0.1, 0.15) is 11.1 Å². The first-order chi connectivity index (χ1) is 10.2. The number of halogens is 1. The van der Waals surface area contributed by atoms with E-state index < -0.39 is 0 Å². The van der Waals surface area contributed by atoms with Crippen LogP contribution in [0.5, 0.6) is 11.6 Å². The van der Waals surface area contributed by atoms with Crippen molar-refractivity contribution in [2.45, 2.75) is 26.2 Å². The number of benzene rings is 1. The van der Waals surface area contributed by atoms with Gasteiger partial charge in [-0.1, -0.05) is 26.0 Å². The van der Waals surface area contributed by atoms with Crippen LogP contribution < -0.4 is 4.74 Å². The Morgan fingerprint density at radius 2 is 2.00 bits per heavy atom. The van der Waals surface area contributed by atoms with Crippen LogP contribution in [0.3, 0.4) is 0 Å². The van der Waals surface area contributed by atoms with Gasteiger partial charge < -0.3 is 4.74 Å². The Kier molecular flexibility index (Phi) is 3.75. The van der Waals surface area contributed by atoms with Gasteiger partial charge in [-0.05, 0) is 41.6 Å². The van der Waals surface area contributed by atoms with Gasteiger partial charge in [-0.15, -0.1) is 0 Å². The van der Waals surface area contributed by atoms with E-state index in [9.17, 15) is 0 Å². The zero-order valence-corrected chi connectivity index (χ0v) is 12.6. The lowest BCUT2D eigenvalue weighted by molar-refractivity contribution is 0.468. The average molecular weight is 303 g/mol. The molecule has 0 fully saturated rings. The molecule has 0 bridgehead atoms. The number of rotatable bonds is 4. The van der Waals surface area contributed by atoms with E-state index in [2.05, 4.69) is 46.1 Å². The smallest absolute Gasteiger partial charge is 0.234 e. The van der Waals surface area contributed by atoms with Crippen LogP contribution in [0, 0.1) is 0 Å². The maximum Gasteiger partial charge on any atom is 0.234 e. The van der Waals surface area contributed by atoms with Crippen LogP contribution in [0.1, 0.15) is 31.7 Å². The van der Waals surface area contributed by atoms with Crippen molar-refractivity contribution in [3.63, 3.8) is 0 Å². The fraction of sp³-hybridized carbons (Fsp3) is 0.267. The van der Waals surface area contributed by atoms with Crippen LogP contribution in [0.25, 0.3) is 11.0 Å². The highest BCUT2D eigenvalue weighted by molar-refractivity contribution is 6.28. The zero-order valence-electron chi connectivity index (χ0n) is 11.8. The van der Waals surface area contributed by atoms with Gasteiger partial charge in [0, 0.05) is 0 Å². The maximum absolute atomic E-state index is 5.88. The van der Waals surface area contributed by atoms with E-state index in [0.717, 1.165) is 6.42 Å². The van der Waals surface area contributed by atoms with Crippen molar-refractivity contribution in [3.05, 3.63) is 41.3 Å². The second-order valence-electron chi connectivity index (χ2n) is 4.91. The van der Waals surface area contributed by atoms with Gasteiger partial charge in [0.2, 0.25) is 11.2 Å². The summed E-state index contributed by atoms with van der Waals surface area (Å²) in [6.07, 6.45) is 2.73. The summed E-state index contributed by atoms with van der Waals surface area (Å²) in [4.78, 5) is 8.16. The lowest BCUT2D eigenvalue weighted by Crippen LogP contribution is -1.94. The van der Waals surface area contributed by atoms with Gasteiger partial charge >= 0.3 is 0 Å². The summed E-state index contributed by atoms with van der Waals surface area (Å²) in [7, 11) is 0. The standard InChI is InChI=1S/C15H15ClN4O/c1-3-9(2)10-4-6-11(7-5-10)21-14-12-8-17-20-13(12)18-15(16)19-14/h4-9H,3H2,1-2H3,(H,17,18,19,20). The van der Waals surface area contributed by atoms with Gasteiger partial charge in [-0.2, -0.15) is 15.1 Å². The number of fused-ring (bicyclic) bond motifs is 1. The molecule has 1 unspecified atom stereocenters. The van der Waals surface area contributed by atoms with Crippen LogP contribution in [-0.2, 0) is 0 Å². The number of ether oxygens (including phenoxy) is 1. The lowest BCUT2D eigenvalue weighted by atomic mass is 9.99. The first-order valence-electron chi connectivity index (χ1n) is 6.81. The molecule has 3 rings (SSSR count). The van der Waals surface area contributed by atoms with E-state index in [1.807, 2.05) is 12.1 Å². The van der Waals surface area contributed by atoms with Crippen molar-refractivity contribution < 1.29 is 4.74 Å². The van der Waals surface area contributed by atoms with Crippen molar-refractivity contribution >= 4 is 22.6 Å². The van der Waals surface area contributed by atoms with Crippen molar-refractivity contribution in [1.82, 2.24) is 20.2 Å². The largest absolute Gasteiger partial charge is 0.438 e. The summed E-state index contributed by atoms with van der Waals surface area (Å²) in [5, 5.41) is 7.50. The average Bonchev–Trinajstić information content (AvgIpc) is 2.95. The molecule has 1 aromatic carbocycles. The third-order valence-corrected chi connectivity index (χ3v) is 3.69. The summed E-state index contributed by atoms with van der Waals surface area (Å²) in [5.41, 5.74) is 1.85. The number of aromatic amines is 1. The molecule has 108 valence electrons. The highest BCUT2D eigenvalue weighted by Crippen LogP contribution is 2.28. The predicted molar refractivity (Wildman–Crippen MR) is 81.9 cm³/mol. The highest BCUT2D eigenvalue weighted by atomic mass is 35.5. The Bertz CT molecular complexity index is 754. The van der Waals surface area contributed by atoms with Crippen LogP contribution in [0.4, 0.5) is 0 Å². The van der Waals surface area contributed by atoms with Crippen LogP contribution in [0.15, 0.2) is 30.5 Å². The fourth-order valence-corrected chi connectivity index (χ4v) is 2.23. The minimum atomic E-state index is 0.123. The Morgan fingerprint density at radius 3 is 2.71 bits per heavy atom. The molecular formula is C15H15ClN4O. The molecular weight excluding hydrogens is 288 g/mol. The topological polar surface area (TPSA) is 63.7 Å². The van der Waals surface area contributed by atoms with Gasteiger partial charge in [-0.25, -0.2) is 0 Å². The third kappa shape index (κ3) is 2.83. The first-order valence-corrected chi connectivity index (χ1v) is 7.19. The molecule has 1 N–H and O–H groups in total. The van der Waals surface area contributed by atoms with Crippen molar-refractivity contribution in [2.24, 2.45) is 0 Å². The summed E-state index contributed by atoms with van der Waals surface area (Å²) < 4.78 is 5.80. The Morgan fingerprint density at radius 1 is 1.24 bits per heavy atom. The van der Waals surface area contributed by atoms with E-state index in [0.29, 0.717) is 28.6 Å². The van der Waals surface area contributed by atoms with Gasteiger partial charge in [0.05, 0.1) is 6.20 Å². The summed E-state index contributed by atoms with van der Waals surface area (Å²) in [6.45, 7) is 4.38. The molecule has 21 heavy (non-hydrogen) atoms. The Balaban J connectivity index is 1.90. The molecule has 0 radical (unpaired) electrons. The molecule has 0 saturated heterocycles. The lowest BCUT2D eigenvalue weighted by Gasteiger charge is -2.10. The second-order valence-corrected chi connectivity index (χ2v) is 5.25. The molecule has 2 heterocycles. The van der Waals surface area contributed by atoms with Gasteiger partial charge in [-0.3, -0.25) is 5.10 Å². The van der Waals surface area contributed by atoms with Gasteiger partial charge in [0.15, 0.2) is 5.65 Å². The molecule has 0 aliphatic carbocycles. The number of nitrogens with zero attached hydrogens (tertiary/aromatic N) is 3. The molecule has 1 atom stereocenters. The monoisotopic (exact) mass is 302 g/mol. The molecule has 5 nitrogen and oxygen atoms in total. The molecule has 2 aromatic heterocycles. The number of nitrogens with one attached hydrogen (secondary N) is 1. The first kappa shape index (κ1) is 13.8. The minimum Gasteiger partial charge on any atom is -0.438 e. The van der Waals surface area contributed by atoms with Crippen molar-refractivity contribution in [3.8, 4) is 11.6 Å². The molecule has 0 amide bonds. The molecule has 0 aliphatic rings. The summed E-state index contributed by atoms with van der Waals surface area (Å²) >= 11 is 5.88. The van der Waals surface area contributed by atoms with E-state index >= 15 is 0 Å². The summed E-state index contributed by atoms with van der Waals surface area (Å²) in [5.74, 6) is 1.64. The number of hydrogen-bond donors (Lipinski definition) is 1. The van der Waals surface area contributed by atoms with Crippen LogP contribution >= 0.6 is 11.6 Å². The molecule has 0 aliphatic heterocycles.